The summed E-state index contributed by atoms with van der Waals surface area (Å²) >= 11 is 0. The first kappa shape index (κ1) is 35.5. The molecule has 0 saturated heterocycles. The van der Waals surface area contributed by atoms with Crippen LogP contribution in [-0.2, 0) is 30.5 Å². The van der Waals surface area contributed by atoms with E-state index in [-0.39, 0.29) is 28.3 Å². The first-order valence-corrected chi connectivity index (χ1v) is 20.8. The van der Waals surface area contributed by atoms with E-state index < -0.39 is 10.1 Å². The molecular weight excluding hydrogens is 688 g/mol. The molecular formula is C38H53NO3PPdS-3. The van der Waals surface area contributed by atoms with Crippen molar-refractivity contribution in [3.8, 4) is 11.1 Å². The van der Waals surface area contributed by atoms with E-state index in [0.717, 1.165) is 62.6 Å². The van der Waals surface area contributed by atoms with Crippen molar-refractivity contribution in [2.75, 3.05) is 19.5 Å². The molecule has 8 aliphatic carbocycles. The van der Waals surface area contributed by atoms with Gasteiger partial charge < -0.3 is 9.87 Å². The SMILES string of the molecule is CCCCP(C12CC3CC(CC(C3)C1)C2)C12CC3CC(CC(C3)C1)C2.CS(=O)(=O)[O-].C[N-]c1ccccc1-c1[c-]cccc1.[Pd]. The van der Waals surface area contributed by atoms with E-state index in [1.807, 2.05) is 49.5 Å². The van der Waals surface area contributed by atoms with Gasteiger partial charge in [-0.25, -0.2) is 8.42 Å². The van der Waals surface area contributed by atoms with Crippen molar-refractivity contribution in [1.29, 1.82) is 0 Å². The van der Waals surface area contributed by atoms with Gasteiger partial charge in [-0.2, -0.15) is 5.69 Å². The van der Waals surface area contributed by atoms with Gasteiger partial charge in [0.25, 0.3) is 0 Å². The fourth-order valence-corrected chi connectivity index (χ4v) is 17.0. The van der Waals surface area contributed by atoms with Crippen LogP contribution in [0.5, 0.6) is 0 Å². The summed E-state index contributed by atoms with van der Waals surface area (Å²) in [5.41, 5.74) is 3.24. The van der Waals surface area contributed by atoms with Gasteiger partial charge in [0, 0.05) is 26.7 Å². The number of para-hydroxylation sites is 1. The Hall–Kier alpha value is -0.758. The van der Waals surface area contributed by atoms with Crippen molar-refractivity contribution < 1.29 is 33.4 Å². The van der Waals surface area contributed by atoms with Crippen LogP contribution in [0, 0.1) is 41.6 Å². The van der Waals surface area contributed by atoms with Gasteiger partial charge in [0.15, 0.2) is 0 Å². The average Bonchev–Trinajstić information content (AvgIpc) is 2.96. The quantitative estimate of drug-likeness (QED) is 0.123. The first-order chi connectivity index (χ1) is 21.1. The molecule has 8 bridgehead atoms. The Morgan fingerprint density at radius 1 is 0.800 bits per heavy atom. The second kappa shape index (κ2) is 14.8. The molecule has 45 heavy (non-hydrogen) atoms. The topological polar surface area (TPSA) is 71.3 Å². The van der Waals surface area contributed by atoms with Gasteiger partial charge in [0.05, 0.1) is 10.1 Å². The maximum atomic E-state index is 9.08. The van der Waals surface area contributed by atoms with Crippen LogP contribution in [0.15, 0.2) is 48.5 Å². The first-order valence-electron chi connectivity index (χ1n) is 17.4. The predicted octanol–water partition coefficient (Wildman–Crippen LogP) is 10.2. The Labute approximate surface area is 288 Å². The molecule has 8 fully saturated rings. The molecule has 2 aromatic carbocycles. The smallest absolute Gasteiger partial charge is 0.0916 e. The summed E-state index contributed by atoms with van der Waals surface area (Å²) in [4.78, 5) is 0. The molecule has 0 unspecified atom stereocenters. The molecule has 7 heteroatoms. The summed E-state index contributed by atoms with van der Waals surface area (Å²) in [5.74, 6) is 6.95. The fourth-order valence-electron chi connectivity index (χ4n) is 11.5. The van der Waals surface area contributed by atoms with Crippen LogP contribution in [0.1, 0.15) is 96.8 Å². The molecule has 0 atom stereocenters. The summed E-state index contributed by atoms with van der Waals surface area (Å²) in [6, 6.07) is 19.2. The van der Waals surface area contributed by atoms with Gasteiger partial charge in [0.2, 0.25) is 0 Å². The van der Waals surface area contributed by atoms with Gasteiger partial charge in [-0.05, 0) is 135 Å². The second-order valence-electron chi connectivity index (χ2n) is 15.5. The molecule has 0 radical (unpaired) electrons. The number of hydrogen-bond donors (Lipinski definition) is 0. The fraction of sp³-hybridized carbons (Fsp3) is 0.684. The standard InChI is InChI=1S/C24H39P.C13H11N.CH4O3S.Pd/c1-2-3-4-25(23-11-17-5-18(12-23)7-19(6-17)13-23)24-14-20-8-21(15-24)10-22(9-20)16-24;1-14-13-10-6-5-9-12(13)11-7-3-2-4-8-11;1-5(2,3)4;/h17-22H,2-16H2,1H3;2-7,9-10H,1H3;1H3,(H,2,3,4);/q;-2;;/p-1. The Morgan fingerprint density at radius 3 is 1.60 bits per heavy atom. The van der Waals surface area contributed by atoms with Crippen molar-refractivity contribution in [3.63, 3.8) is 0 Å². The zero-order chi connectivity index (χ0) is 31.0. The van der Waals surface area contributed by atoms with Crippen molar-refractivity contribution >= 4 is 23.7 Å². The number of unbranched alkanes of at least 4 members (excludes halogenated alkanes) is 1. The van der Waals surface area contributed by atoms with E-state index in [0.29, 0.717) is 6.26 Å². The van der Waals surface area contributed by atoms with Crippen LogP contribution in [-0.4, -0.2) is 42.7 Å². The molecule has 0 N–H and O–H groups in total. The Morgan fingerprint density at radius 2 is 1.22 bits per heavy atom. The molecule has 4 nitrogen and oxygen atoms in total. The molecule has 0 heterocycles. The molecule has 0 aliphatic heterocycles. The van der Waals surface area contributed by atoms with Crippen LogP contribution in [0.4, 0.5) is 5.69 Å². The van der Waals surface area contributed by atoms with Gasteiger partial charge >= 0.3 is 0 Å². The molecule has 2 aromatic rings. The van der Waals surface area contributed by atoms with Crippen LogP contribution in [0.2, 0.25) is 0 Å². The van der Waals surface area contributed by atoms with Gasteiger partial charge in [-0.3, -0.25) is 0 Å². The van der Waals surface area contributed by atoms with E-state index in [1.54, 1.807) is 89.6 Å². The molecule has 0 aromatic heterocycles. The number of nitrogens with zero attached hydrogens (tertiary/aromatic N) is 1. The van der Waals surface area contributed by atoms with E-state index in [4.69, 9.17) is 13.0 Å². The van der Waals surface area contributed by atoms with Crippen LogP contribution in [0.25, 0.3) is 16.4 Å². The molecule has 10 rings (SSSR count). The minimum absolute atomic E-state index is 0. The summed E-state index contributed by atoms with van der Waals surface area (Å²) < 4.78 is 27.2. The largest absolute Gasteiger partial charge is 0.748 e. The van der Waals surface area contributed by atoms with Crippen molar-refractivity contribution in [2.24, 2.45) is 35.5 Å². The van der Waals surface area contributed by atoms with Gasteiger partial charge in [-0.1, -0.05) is 45.5 Å². The monoisotopic (exact) mass is 740 g/mol. The van der Waals surface area contributed by atoms with E-state index in [2.05, 4.69) is 24.4 Å². The number of rotatable bonds is 7. The number of benzene rings is 2. The molecule has 8 saturated carbocycles. The van der Waals surface area contributed by atoms with E-state index in [9.17, 15) is 0 Å². The van der Waals surface area contributed by atoms with Crippen LogP contribution >= 0.6 is 7.92 Å². The maximum absolute atomic E-state index is 9.08. The minimum Gasteiger partial charge on any atom is -0.748 e. The Balaban J connectivity index is 0.000000170. The van der Waals surface area contributed by atoms with E-state index in [1.165, 1.54) is 6.42 Å². The van der Waals surface area contributed by atoms with Crippen molar-refractivity contribution in [1.82, 2.24) is 0 Å². The summed E-state index contributed by atoms with van der Waals surface area (Å²) in [6.07, 6.45) is 25.2. The maximum Gasteiger partial charge on any atom is 0.0916 e. The summed E-state index contributed by atoms with van der Waals surface area (Å²) in [7, 11) is -1.82. The zero-order valence-corrected chi connectivity index (χ0v) is 30.8. The van der Waals surface area contributed by atoms with Crippen molar-refractivity contribution in [2.45, 2.75) is 107 Å². The number of hydrogen-bond acceptors (Lipinski definition) is 3. The van der Waals surface area contributed by atoms with E-state index >= 15 is 0 Å². The second-order valence-corrected chi connectivity index (χ2v) is 20.1. The Bertz CT molecular complexity index is 1240. The normalized spacial score (nSPS) is 35.7. The Kier molecular flexibility index (Phi) is 11.7. The molecule has 0 spiro atoms. The third kappa shape index (κ3) is 8.28. The minimum atomic E-state index is -3.92. The molecule has 0 amide bonds. The molecule has 252 valence electrons. The van der Waals surface area contributed by atoms with Crippen molar-refractivity contribution in [3.05, 3.63) is 59.9 Å². The third-order valence-electron chi connectivity index (χ3n) is 12.0. The zero-order valence-electron chi connectivity index (χ0n) is 27.5. The third-order valence-corrected chi connectivity index (χ3v) is 16.2. The van der Waals surface area contributed by atoms with Gasteiger partial charge in [-0.15, -0.1) is 48.5 Å². The molecule has 8 aliphatic rings. The van der Waals surface area contributed by atoms with Crippen LogP contribution < -0.4 is 0 Å². The van der Waals surface area contributed by atoms with Gasteiger partial charge in [0.1, 0.15) is 0 Å². The predicted molar refractivity (Wildman–Crippen MR) is 184 cm³/mol. The summed E-state index contributed by atoms with van der Waals surface area (Å²) in [5, 5.41) is 5.99. The summed E-state index contributed by atoms with van der Waals surface area (Å²) in [6.45, 7) is 2.45. The average molecular weight is 741 g/mol. The van der Waals surface area contributed by atoms with Crippen LogP contribution in [0.3, 0.4) is 0 Å².